The van der Waals surface area contributed by atoms with Crippen LogP contribution in [-0.2, 0) is 6.42 Å². The third kappa shape index (κ3) is 4.80. The number of aliphatic hydroxyl groups is 1. The van der Waals surface area contributed by atoms with Crippen LogP contribution < -0.4 is 5.73 Å². The summed E-state index contributed by atoms with van der Waals surface area (Å²) in [6.45, 7) is 9.05. The summed E-state index contributed by atoms with van der Waals surface area (Å²) in [5.41, 5.74) is 11.2. The molecule has 1 saturated heterocycles. The van der Waals surface area contributed by atoms with Crippen molar-refractivity contribution < 1.29 is 9.90 Å². The number of pyridine rings is 1. The first-order valence-corrected chi connectivity index (χ1v) is 11.9. The topological polar surface area (TPSA) is 105 Å². The van der Waals surface area contributed by atoms with Gasteiger partial charge in [-0.3, -0.25) is 4.79 Å². The van der Waals surface area contributed by atoms with Gasteiger partial charge in [0.15, 0.2) is 0 Å². The maximum atomic E-state index is 13.3. The van der Waals surface area contributed by atoms with Crippen molar-refractivity contribution in [1.82, 2.24) is 19.9 Å². The molecule has 0 unspecified atom stereocenters. The molecule has 1 fully saturated rings. The van der Waals surface area contributed by atoms with Crippen LogP contribution in [0, 0.1) is 12.8 Å². The summed E-state index contributed by atoms with van der Waals surface area (Å²) in [7, 11) is 0. The second-order valence-corrected chi connectivity index (χ2v) is 9.62. The summed E-state index contributed by atoms with van der Waals surface area (Å²) < 4.78 is 0. The number of benzene rings is 1. The molecule has 3 N–H and O–H groups in total. The first-order valence-electron chi connectivity index (χ1n) is 11.9. The van der Waals surface area contributed by atoms with E-state index in [4.69, 9.17) is 5.73 Å². The van der Waals surface area contributed by atoms with Crippen molar-refractivity contribution in [3.05, 3.63) is 59.7 Å². The molecule has 1 aliphatic rings. The lowest BCUT2D eigenvalue weighted by atomic mass is 9.83. The Morgan fingerprint density at radius 3 is 2.41 bits per heavy atom. The number of rotatable bonds is 5. The largest absolute Gasteiger partial charge is 0.390 e. The molecule has 4 rings (SSSR count). The summed E-state index contributed by atoms with van der Waals surface area (Å²) >= 11 is 0. The SMILES string of the molecule is CCc1ncnc(-c2ccc(C(=O)N3CCC(C(C)(C)O)CC3)c(C)c2)c1-c1ccc(N)nc1. The van der Waals surface area contributed by atoms with Crippen LogP contribution in [0.25, 0.3) is 22.4 Å². The van der Waals surface area contributed by atoms with E-state index in [2.05, 4.69) is 21.9 Å². The highest BCUT2D eigenvalue weighted by Crippen LogP contribution is 2.34. The van der Waals surface area contributed by atoms with Crippen LogP contribution >= 0.6 is 0 Å². The Morgan fingerprint density at radius 1 is 1.12 bits per heavy atom. The number of aryl methyl sites for hydroxylation is 2. The van der Waals surface area contributed by atoms with Crippen molar-refractivity contribution >= 4 is 11.7 Å². The van der Waals surface area contributed by atoms with Crippen LogP contribution in [0.2, 0.25) is 0 Å². The number of likely N-dealkylation sites (tertiary alicyclic amines) is 1. The fourth-order valence-corrected chi connectivity index (χ4v) is 4.78. The maximum Gasteiger partial charge on any atom is 0.254 e. The summed E-state index contributed by atoms with van der Waals surface area (Å²) in [6.07, 6.45) is 5.71. The van der Waals surface area contributed by atoms with Gasteiger partial charge < -0.3 is 15.7 Å². The number of carbonyl (C=O) groups excluding carboxylic acids is 1. The van der Waals surface area contributed by atoms with E-state index < -0.39 is 5.60 Å². The predicted octanol–water partition coefficient (Wildman–Crippen LogP) is 4.28. The van der Waals surface area contributed by atoms with Crippen LogP contribution in [-0.4, -0.2) is 49.6 Å². The molecule has 0 atom stereocenters. The molecule has 1 aromatic carbocycles. The van der Waals surface area contributed by atoms with Gasteiger partial charge >= 0.3 is 0 Å². The molecule has 0 bridgehead atoms. The van der Waals surface area contributed by atoms with Gasteiger partial charge in [-0.2, -0.15) is 0 Å². The number of hydrogen-bond acceptors (Lipinski definition) is 6. The molecule has 0 saturated carbocycles. The van der Waals surface area contributed by atoms with Crippen molar-refractivity contribution in [3.63, 3.8) is 0 Å². The van der Waals surface area contributed by atoms with Crippen LogP contribution in [0.1, 0.15) is 55.2 Å². The molecule has 2 aromatic heterocycles. The summed E-state index contributed by atoms with van der Waals surface area (Å²) in [6, 6.07) is 9.59. The van der Waals surface area contributed by atoms with E-state index in [1.165, 1.54) is 0 Å². The average Bonchev–Trinajstić information content (AvgIpc) is 2.83. The molecule has 7 heteroatoms. The lowest BCUT2D eigenvalue weighted by Gasteiger charge is -2.38. The van der Waals surface area contributed by atoms with E-state index in [1.807, 2.05) is 49.9 Å². The van der Waals surface area contributed by atoms with Gasteiger partial charge in [0.25, 0.3) is 5.91 Å². The van der Waals surface area contributed by atoms with E-state index in [-0.39, 0.29) is 11.8 Å². The Kier molecular flexibility index (Phi) is 6.66. The third-order valence-electron chi connectivity index (χ3n) is 6.85. The Labute approximate surface area is 201 Å². The zero-order valence-electron chi connectivity index (χ0n) is 20.4. The molecule has 1 aliphatic heterocycles. The number of hydrogen-bond donors (Lipinski definition) is 2. The molecule has 7 nitrogen and oxygen atoms in total. The highest BCUT2D eigenvalue weighted by Gasteiger charge is 2.32. The summed E-state index contributed by atoms with van der Waals surface area (Å²) in [5.74, 6) is 0.718. The molecule has 0 aliphatic carbocycles. The zero-order valence-corrected chi connectivity index (χ0v) is 20.4. The molecule has 34 heavy (non-hydrogen) atoms. The minimum absolute atomic E-state index is 0.0399. The first kappa shape index (κ1) is 23.8. The van der Waals surface area contributed by atoms with Crippen molar-refractivity contribution in [1.29, 1.82) is 0 Å². The van der Waals surface area contributed by atoms with Gasteiger partial charge in [-0.1, -0.05) is 13.0 Å². The summed E-state index contributed by atoms with van der Waals surface area (Å²) in [5, 5.41) is 10.3. The molecular weight excluding hydrogens is 426 g/mol. The Bertz CT molecular complexity index is 1180. The number of nitrogens with two attached hydrogens (primary N) is 1. The van der Waals surface area contributed by atoms with Crippen molar-refractivity contribution in [2.45, 2.75) is 52.6 Å². The van der Waals surface area contributed by atoms with E-state index in [0.29, 0.717) is 24.5 Å². The van der Waals surface area contributed by atoms with Crippen LogP contribution in [0.15, 0.2) is 42.9 Å². The van der Waals surface area contributed by atoms with Gasteiger partial charge in [0.1, 0.15) is 12.1 Å². The molecule has 0 radical (unpaired) electrons. The third-order valence-corrected chi connectivity index (χ3v) is 6.85. The van der Waals surface area contributed by atoms with Gasteiger partial charge in [-0.05, 0) is 75.8 Å². The Balaban J connectivity index is 1.63. The number of nitrogen functional groups attached to an aromatic ring is 1. The second-order valence-electron chi connectivity index (χ2n) is 9.62. The number of nitrogens with zero attached hydrogens (tertiary/aromatic N) is 4. The maximum absolute atomic E-state index is 13.3. The van der Waals surface area contributed by atoms with Crippen LogP contribution in [0.5, 0.6) is 0 Å². The van der Waals surface area contributed by atoms with Gasteiger partial charge in [0.05, 0.1) is 17.0 Å². The monoisotopic (exact) mass is 459 g/mol. The fraction of sp³-hybridized carbons (Fsp3) is 0.407. The molecule has 1 amide bonds. The van der Waals surface area contributed by atoms with E-state index in [9.17, 15) is 9.90 Å². The predicted molar refractivity (Wildman–Crippen MR) is 134 cm³/mol. The first-order chi connectivity index (χ1) is 16.2. The lowest BCUT2D eigenvalue weighted by Crippen LogP contribution is -2.44. The quantitative estimate of drug-likeness (QED) is 0.590. The average molecular weight is 460 g/mol. The van der Waals surface area contributed by atoms with E-state index in [0.717, 1.165) is 52.9 Å². The van der Waals surface area contributed by atoms with Gasteiger partial charge in [0.2, 0.25) is 0 Å². The zero-order chi connectivity index (χ0) is 24.5. The minimum atomic E-state index is -0.709. The number of anilines is 1. The van der Waals surface area contributed by atoms with Crippen molar-refractivity contribution in [3.8, 4) is 22.4 Å². The second kappa shape index (κ2) is 9.50. The van der Waals surface area contributed by atoms with E-state index >= 15 is 0 Å². The van der Waals surface area contributed by atoms with Crippen molar-refractivity contribution in [2.75, 3.05) is 18.8 Å². The van der Waals surface area contributed by atoms with Crippen LogP contribution in [0.4, 0.5) is 5.82 Å². The highest BCUT2D eigenvalue weighted by molar-refractivity contribution is 5.96. The molecular formula is C27H33N5O2. The molecule has 3 heterocycles. The highest BCUT2D eigenvalue weighted by atomic mass is 16.3. The Morgan fingerprint density at radius 2 is 1.82 bits per heavy atom. The Hall–Kier alpha value is -3.32. The van der Waals surface area contributed by atoms with Gasteiger partial charge in [0, 0.05) is 41.5 Å². The molecule has 0 spiro atoms. The fourth-order valence-electron chi connectivity index (χ4n) is 4.78. The number of carbonyl (C=O) groups is 1. The lowest BCUT2D eigenvalue weighted by molar-refractivity contribution is -0.0108. The minimum Gasteiger partial charge on any atom is -0.390 e. The van der Waals surface area contributed by atoms with Crippen LogP contribution in [0.3, 0.4) is 0 Å². The number of amides is 1. The van der Waals surface area contributed by atoms with Gasteiger partial charge in [-0.15, -0.1) is 0 Å². The van der Waals surface area contributed by atoms with Gasteiger partial charge in [-0.25, -0.2) is 15.0 Å². The van der Waals surface area contributed by atoms with Crippen molar-refractivity contribution in [2.24, 2.45) is 5.92 Å². The molecule has 3 aromatic rings. The summed E-state index contributed by atoms with van der Waals surface area (Å²) in [4.78, 5) is 28.5. The normalized spacial score (nSPS) is 14.9. The number of piperidine rings is 1. The number of aromatic nitrogens is 3. The molecule has 178 valence electrons. The van der Waals surface area contributed by atoms with E-state index in [1.54, 1.807) is 18.6 Å². The standard InChI is InChI=1S/C27H33N5O2/c1-5-22-24(19-7-9-23(28)29-15-19)25(31-16-30-22)18-6-8-21(17(2)14-18)26(33)32-12-10-20(11-13-32)27(3,4)34/h6-9,14-16,20,34H,5,10-13H2,1-4H3,(H2,28,29). The smallest absolute Gasteiger partial charge is 0.254 e.